The molecule has 0 saturated carbocycles. The Hall–Kier alpha value is -1.42. The third-order valence-electron chi connectivity index (χ3n) is 2.22. The molecule has 1 nitrogen and oxygen atoms in total. The lowest BCUT2D eigenvalue weighted by molar-refractivity contribution is 0.473. The van der Waals surface area contributed by atoms with Crippen LogP contribution in [0.15, 0.2) is 18.2 Å². The molecule has 13 heavy (non-hydrogen) atoms. The summed E-state index contributed by atoms with van der Waals surface area (Å²) in [4.78, 5) is 0. The van der Waals surface area contributed by atoms with Crippen LogP contribution in [0.25, 0.3) is 0 Å². The van der Waals surface area contributed by atoms with Crippen LogP contribution in [-0.2, 0) is 0 Å². The quantitative estimate of drug-likeness (QED) is 0.683. The van der Waals surface area contributed by atoms with E-state index in [9.17, 15) is 5.11 Å². The number of hydrogen-bond acceptors (Lipinski definition) is 1. The summed E-state index contributed by atoms with van der Waals surface area (Å²) in [6, 6.07) is 5.40. The van der Waals surface area contributed by atoms with Crippen molar-refractivity contribution < 1.29 is 5.11 Å². The lowest BCUT2D eigenvalue weighted by atomic mass is 9.94. The van der Waals surface area contributed by atoms with Gasteiger partial charge in [0.15, 0.2) is 0 Å². The first-order valence-electron chi connectivity index (χ1n) is 4.38. The minimum Gasteiger partial charge on any atom is -0.508 e. The fourth-order valence-electron chi connectivity index (χ4n) is 1.45. The molecule has 1 rings (SSSR count). The van der Waals surface area contributed by atoms with Gasteiger partial charge in [-0.1, -0.05) is 13.0 Å². The number of rotatable bonds is 2. The van der Waals surface area contributed by atoms with E-state index in [1.165, 1.54) is 5.56 Å². The topological polar surface area (TPSA) is 20.2 Å². The lowest BCUT2D eigenvalue weighted by Crippen LogP contribution is -1.94. The number of benzene rings is 1. The largest absolute Gasteiger partial charge is 0.508 e. The van der Waals surface area contributed by atoms with E-state index in [-0.39, 0.29) is 0 Å². The second kappa shape index (κ2) is 4.00. The molecule has 1 unspecified atom stereocenters. The van der Waals surface area contributed by atoms with Crippen molar-refractivity contribution in [3.05, 3.63) is 29.3 Å². The Morgan fingerprint density at radius 2 is 2.23 bits per heavy atom. The predicted molar refractivity (Wildman–Crippen MR) is 54.7 cm³/mol. The van der Waals surface area contributed by atoms with Crippen molar-refractivity contribution in [2.24, 2.45) is 0 Å². The highest BCUT2D eigenvalue weighted by atomic mass is 16.3. The average molecular weight is 174 g/mol. The maximum atomic E-state index is 9.30. The van der Waals surface area contributed by atoms with Crippen molar-refractivity contribution in [1.29, 1.82) is 0 Å². The van der Waals surface area contributed by atoms with E-state index in [2.05, 4.69) is 12.8 Å². The Balaban J connectivity index is 3.00. The normalized spacial score (nSPS) is 12.1. The molecule has 1 aromatic rings. The van der Waals surface area contributed by atoms with Gasteiger partial charge in [0.25, 0.3) is 0 Å². The molecule has 0 spiro atoms. The summed E-state index contributed by atoms with van der Waals surface area (Å²) < 4.78 is 0. The third-order valence-corrected chi connectivity index (χ3v) is 2.22. The first-order chi connectivity index (χ1) is 6.15. The zero-order valence-corrected chi connectivity index (χ0v) is 8.04. The van der Waals surface area contributed by atoms with Crippen LogP contribution < -0.4 is 0 Å². The number of aromatic hydroxyl groups is 1. The summed E-state index contributed by atoms with van der Waals surface area (Å²) in [5.74, 6) is 3.26. The number of terminal acetylenes is 1. The van der Waals surface area contributed by atoms with Crippen molar-refractivity contribution >= 4 is 0 Å². The summed E-state index contributed by atoms with van der Waals surface area (Å²) >= 11 is 0. The first-order valence-corrected chi connectivity index (χ1v) is 4.38. The number of phenolic OH excluding ortho intramolecular Hbond substituents is 1. The maximum absolute atomic E-state index is 9.30. The smallest absolute Gasteiger partial charge is 0.115 e. The molecule has 1 N–H and O–H groups in total. The van der Waals surface area contributed by atoms with E-state index in [4.69, 9.17) is 6.42 Å². The molecule has 0 heterocycles. The van der Waals surface area contributed by atoms with Crippen molar-refractivity contribution in [1.82, 2.24) is 0 Å². The molecule has 0 aliphatic rings. The van der Waals surface area contributed by atoms with E-state index in [1.54, 1.807) is 12.1 Å². The molecule has 0 amide bonds. The zero-order chi connectivity index (χ0) is 9.84. The van der Waals surface area contributed by atoms with Crippen molar-refractivity contribution in [2.75, 3.05) is 0 Å². The molecule has 0 aliphatic heterocycles. The first kappa shape index (κ1) is 9.67. The monoisotopic (exact) mass is 174 g/mol. The summed E-state index contributed by atoms with van der Waals surface area (Å²) in [5.41, 5.74) is 2.32. The highest BCUT2D eigenvalue weighted by Gasteiger charge is 2.07. The van der Waals surface area contributed by atoms with E-state index >= 15 is 0 Å². The van der Waals surface area contributed by atoms with Gasteiger partial charge in [-0.05, 0) is 36.1 Å². The van der Waals surface area contributed by atoms with Gasteiger partial charge in [-0.15, -0.1) is 12.3 Å². The molecular weight excluding hydrogens is 160 g/mol. The highest BCUT2D eigenvalue weighted by Crippen LogP contribution is 2.25. The molecule has 1 heteroatoms. The van der Waals surface area contributed by atoms with E-state index in [1.807, 2.05) is 13.0 Å². The van der Waals surface area contributed by atoms with Crippen molar-refractivity contribution in [3.8, 4) is 18.1 Å². The Morgan fingerprint density at radius 3 is 2.85 bits per heavy atom. The SMILES string of the molecule is C#CCC(C)c1cc(O)ccc1C. The van der Waals surface area contributed by atoms with Gasteiger partial charge in [-0.2, -0.15) is 0 Å². The van der Waals surface area contributed by atoms with Gasteiger partial charge in [0.1, 0.15) is 5.75 Å². The van der Waals surface area contributed by atoms with E-state index in [0.29, 0.717) is 18.1 Å². The third kappa shape index (κ3) is 2.26. The van der Waals surface area contributed by atoms with Crippen LogP contribution in [0.4, 0.5) is 0 Å². The molecule has 1 aromatic carbocycles. The van der Waals surface area contributed by atoms with E-state index < -0.39 is 0 Å². The second-order valence-corrected chi connectivity index (χ2v) is 3.35. The fraction of sp³-hybridized carbons (Fsp3) is 0.333. The fourth-order valence-corrected chi connectivity index (χ4v) is 1.45. The van der Waals surface area contributed by atoms with Crippen LogP contribution in [0, 0.1) is 19.3 Å². The molecule has 0 aliphatic carbocycles. The molecule has 0 fully saturated rings. The number of hydrogen-bond donors (Lipinski definition) is 1. The zero-order valence-electron chi connectivity index (χ0n) is 8.04. The molecule has 68 valence electrons. The van der Waals surface area contributed by atoms with Gasteiger partial charge in [-0.25, -0.2) is 0 Å². The summed E-state index contributed by atoms with van der Waals surface area (Å²) in [7, 11) is 0. The van der Waals surface area contributed by atoms with E-state index in [0.717, 1.165) is 5.56 Å². The van der Waals surface area contributed by atoms with Crippen LogP contribution in [0.3, 0.4) is 0 Å². The van der Waals surface area contributed by atoms with Gasteiger partial charge in [0.2, 0.25) is 0 Å². The maximum Gasteiger partial charge on any atom is 0.115 e. The Labute approximate surface area is 79.4 Å². The van der Waals surface area contributed by atoms with Gasteiger partial charge >= 0.3 is 0 Å². The van der Waals surface area contributed by atoms with Gasteiger partial charge in [-0.3, -0.25) is 0 Å². The van der Waals surface area contributed by atoms with Crippen LogP contribution in [0.5, 0.6) is 5.75 Å². The summed E-state index contributed by atoms with van der Waals surface area (Å²) in [6.45, 7) is 4.10. The molecule has 1 atom stereocenters. The van der Waals surface area contributed by atoms with Crippen LogP contribution in [0.2, 0.25) is 0 Å². The Bertz CT molecular complexity index is 333. The molecule has 0 aromatic heterocycles. The summed E-state index contributed by atoms with van der Waals surface area (Å²) in [6.07, 6.45) is 5.95. The Kier molecular flexibility index (Phi) is 2.97. The standard InChI is InChI=1S/C12H14O/c1-4-5-9(2)12-8-11(13)7-6-10(12)3/h1,6-9,13H,5H2,2-3H3. The average Bonchev–Trinajstić information content (AvgIpc) is 2.09. The van der Waals surface area contributed by atoms with Crippen molar-refractivity contribution in [3.63, 3.8) is 0 Å². The van der Waals surface area contributed by atoms with Crippen molar-refractivity contribution in [2.45, 2.75) is 26.2 Å². The van der Waals surface area contributed by atoms with Gasteiger partial charge < -0.3 is 5.11 Å². The Morgan fingerprint density at radius 1 is 1.54 bits per heavy atom. The number of phenols is 1. The second-order valence-electron chi connectivity index (χ2n) is 3.35. The molecule has 0 saturated heterocycles. The van der Waals surface area contributed by atoms with Crippen LogP contribution in [0.1, 0.15) is 30.4 Å². The van der Waals surface area contributed by atoms with Gasteiger partial charge in [0, 0.05) is 6.42 Å². The van der Waals surface area contributed by atoms with Gasteiger partial charge in [0.05, 0.1) is 0 Å². The summed E-state index contributed by atoms with van der Waals surface area (Å²) in [5, 5.41) is 9.30. The predicted octanol–water partition coefficient (Wildman–Crippen LogP) is 2.83. The van der Waals surface area contributed by atoms with Crippen LogP contribution >= 0.6 is 0 Å². The van der Waals surface area contributed by atoms with Crippen LogP contribution in [-0.4, -0.2) is 5.11 Å². The lowest BCUT2D eigenvalue weighted by Gasteiger charge is -2.11. The molecular formula is C12H14O. The highest BCUT2D eigenvalue weighted by molar-refractivity contribution is 5.36. The molecule has 0 radical (unpaired) electrons. The number of aryl methyl sites for hydroxylation is 1. The molecule has 0 bridgehead atoms. The minimum absolute atomic E-state index is 0.310. The minimum atomic E-state index is 0.310.